The number of likely N-dealkylation sites (tertiary alicyclic amines) is 1. The standard InChI is InChI=1S/C19H25N3OS/c1-15-4-3-5-17(12-15)13-18(23)22-9-6-16(7-10-22)14-24-19-20-8-11-21(19)2/h3-5,8,11-12,16H,6-7,9-10,13-14H2,1-2H3. The molecule has 1 aromatic carbocycles. The maximum absolute atomic E-state index is 12.5. The molecule has 5 heteroatoms. The molecule has 0 bridgehead atoms. The summed E-state index contributed by atoms with van der Waals surface area (Å²) in [6, 6.07) is 8.24. The lowest BCUT2D eigenvalue weighted by molar-refractivity contribution is -0.131. The summed E-state index contributed by atoms with van der Waals surface area (Å²) in [6.45, 7) is 3.84. The molecule has 0 atom stereocenters. The molecule has 1 aromatic heterocycles. The van der Waals surface area contributed by atoms with E-state index in [2.05, 4.69) is 28.6 Å². The minimum absolute atomic E-state index is 0.260. The first-order valence-electron chi connectivity index (χ1n) is 8.55. The molecule has 2 aromatic rings. The first kappa shape index (κ1) is 17.1. The van der Waals surface area contributed by atoms with Crippen LogP contribution in [0, 0.1) is 12.8 Å². The maximum Gasteiger partial charge on any atom is 0.226 e. The lowest BCUT2D eigenvalue weighted by atomic mass is 9.98. The minimum Gasteiger partial charge on any atom is -0.342 e. The fraction of sp³-hybridized carbons (Fsp3) is 0.474. The Morgan fingerprint density at radius 1 is 1.33 bits per heavy atom. The first-order valence-corrected chi connectivity index (χ1v) is 9.54. The van der Waals surface area contributed by atoms with E-state index in [1.807, 2.05) is 48.2 Å². The smallest absolute Gasteiger partial charge is 0.226 e. The van der Waals surface area contributed by atoms with Crippen molar-refractivity contribution in [3.63, 3.8) is 0 Å². The lowest BCUT2D eigenvalue weighted by Gasteiger charge is -2.32. The zero-order valence-corrected chi connectivity index (χ0v) is 15.3. The molecular weight excluding hydrogens is 318 g/mol. The van der Waals surface area contributed by atoms with Crippen molar-refractivity contribution in [3.05, 3.63) is 47.8 Å². The van der Waals surface area contributed by atoms with Gasteiger partial charge in [-0.05, 0) is 31.2 Å². The van der Waals surface area contributed by atoms with Gasteiger partial charge in [-0.15, -0.1) is 0 Å². The normalized spacial score (nSPS) is 15.7. The molecule has 0 N–H and O–H groups in total. The molecule has 1 fully saturated rings. The Morgan fingerprint density at radius 2 is 2.12 bits per heavy atom. The van der Waals surface area contributed by atoms with Gasteiger partial charge < -0.3 is 9.47 Å². The highest BCUT2D eigenvalue weighted by Crippen LogP contribution is 2.25. The van der Waals surface area contributed by atoms with Crippen LogP contribution in [0.5, 0.6) is 0 Å². The summed E-state index contributed by atoms with van der Waals surface area (Å²) < 4.78 is 2.06. The first-order chi connectivity index (χ1) is 11.6. The number of nitrogens with zero attached hydrogens (tertiary/aromatic N) is 3. The van der Waals surface area contributed by atoms with Crippen molar-refractivity contribution in [3.8, 4) is 0 Å². The third kappa shape index (κ3) is 4.41. The Kier molecular flexibility index (Phi) is 5.61. The summed E-state index contributed by atoms with van der Waals surface area (Å²) in [5.74, 6) is 2.02. The maximum atomic E-state index is 12.5. The molecule has 0 aliphatic carbocycles. The topological polar surface area (TPSA) is 38.1 Å². The Hall–Kier alpha value is -1.75. The molecule has 4 nitrogen and oxygen atoms in total. The fourth-order valence-corrected chi connectivity index (χ4v) is 4.26. The SMILES string of the molecule is Cc1cccc(CC(=O)N2CCC(CSc3nccn3C)CC2)c1. The predicted octanol–water partition coefficient (Wildman–Crippen LogP) is 3.30. The van der Waals surface area contributed by atoms with Crippen LogP contribution in [-0.2, 0) is 18.3 Å². The van der Waals surface area contributed by atoms with Crippen LogP contribution in [0.15, 0.2) is 41.8 Å². The number of rotatable bonds is 5. The van der Waals surface area contributed by atoms with Gasteiger partial charge >= 0.3 is 0 Å². The van der Waals surface area contributed by atoms with Gasteiger partial charge in [0.15, 0.2) is 5.16 Å². The highest BCUT2D eigenvalue weighted by molar-refractivity contribution is 7.99. The monoisotopic (exact) mass is 343 g/mol. The highest BCUT2D eigenvalue weighted by atomic mass is 32.2. The Bertz CT molecular complexity index is 689. The predicted molar refractivity (Wildman–Crippen MR) is 98.1 cm³/mol. The van der Waals surface area contributed by atoms with Crippen LogP contribution < -0.4 is 0 Å². The van der Waals surface area contributed by atoms with Crippen molar-refractivity contribution in [2.75, 3.05) is 18.8 Å². The summed E-state index contributed by atoms with van der Waals surface area (Å²) in [5, 5.41) is 1.08. The van der Waals surface area contributed by atoms with Gasteiger partial charge in [0, 0.05) is 38.3 Å². The third-order valence-electron chi connectivity index (χ3n) is 4.63. The molecule has 24 heavy (non-hydrogen) atoms. The largest absolute Gasteiger partial charge is 0.342 e. The van der Waals surface area contributed by atoms with Crippen LogP contribution in [0.4, 0.5) is 0 Å². The number of piperidine rings is 1. The number of hydrogen-bond donors (Lipinski definition) is 0. The van der Waals surface area contributed by atoms with Gasteiger partial charge in [0.2, 0.25) is 5.91 Å². The Morgan fingerprint density at radius 3 is 2.79 bits per heavy atom. The number of aromatic nitrogens is 2. The molecule has 1 saturated heterocycles. The fourth-order valence-electron chi connectivity index (χ4n) is 3.14. The van der Waals surface area contributed by atoms with Crippen LogP contribution in [0.1, 0.15) is 24.0 Å². The number of aryl methyl sites for hydroxylation is 2. The van der Waals surface area contributed by atoms with Crippen LogP contribution in [0.25, 0.3) is 0 Å². The summed E-state index contributed by atoms with van der Waals surface area (Å²) in [6.07, 6.45) is 6.53. The molecule has 0 unspecified atom stereocenters. The minimum atomic E-state index is 0.260. The van der Waals surface area contributed by atoms with Crippen LogP contribution in [0.3, 0.4) is 0 Å². The van der Waals surface area contributed by atoms with Crippen LogP contribution in [-0.4, -0.2) is 39.2 Å². The van der Waals surface area contributed by atoms with Crippen LogP contribution >= 0.6 is 11.8 Å². The van der Waals surface area contributed by atoms with Crippen molar-refractivity contribution in [1.82, 2.24) is 14.5 Å². The molecule has 3 rings (SSSR count). The van der Waals surface area contributed by atoms with Gasteiger partial charge in [-0.1, -0.05) is 41.6 Å². The number of imidazole rings is 1. The number of carbonyl (C=O) groups is 1. The van der Waals surface area contributed by atoms with Crippen LogP contribution in [0.2, 0.25) is 0 Å². The summed E-state index contributed by atoms with van der Waals surface area (Å²) in [7, 11) is 2.03. The van der Waals surface area contributed by atoms with Gasteiger partial charge in [-0.3, -0.25) is 4.79 Å². The molecule has 128 valence electrons. The second-order valence-electron chi connectivity index (χ2n) is 6.62. The molecule has 1 aliphatic heterocycles. The second-order valence-corrected chi connectivity index (χ2v) is 7.61. The van der Waals surface area contributed by atoms with E-state index in [9.17, 15) is 4.79 Å². The average Bonchev–Trinajstić information content (AvgIpc) is 2.98. The zero-order valence-electron chi connectivity index (χ0n) is 14.4. The highest BCUT2D eigenvalue weighted by Gasteiger charge is 2.23. The summed E-state index contributed by atoms with van der Waals surface area (Å²) in [5.41, 5.74) is 2.33. The Balaban J connectivity index is 1.44. The number of hydrogen-bond acceptors (Lipinski definition) is 3. The Labute approximate surface area is 148 Å². The molecule has 0 saturated carbocycles. The average molecular weight is 343 g/mol. The van der Waals surface area contributed by atoms with E-state index in [1.54, 1.807) is 0 Å². The zero-order chi connectivity index (χ0) is 16.9. The van der Waals surface area contributed by atoms with E-state index >= 15 is 0 Å². The molecule has 0 spiro atoms. The number of amides is 1. The summed E-state index contributed by atoms with van der Waals surface area (Å²) in [4.78, 5) is 18.9. The van der Waals surface area contributed by atoms with Crippen molar-refractivity contribution in [2.24, 2.45) is 13.0 Å². The number of benzene rings is 1. The van der Waals surface area contributed by atoms with Crippen molar-refractivity contribution >= 4 is 17.7 Å². The van der Waals surface area contributed by atoms with E-state index in [0.29, 0.717) is 12.3 Å². The lowest BCUT2D eigenvalue weighted by Crippen LogP contribution is -2.39. The van der Waals surface area contributed by atoms with E-state index in [1.165, 1.54) is 5.56 Å². The van der Waals surface area contributed by atoms with Gasteiger partial charge in [0.05, 0.1) is 6.42 Å². The second kappa shape index (κ2) is 7.88. The van der Waals surface area contributed by atoms with E-state index in [-0.39, 0.29) is 5.91 Å². The van der Waals surface area contributed by atoms with Gasteiger partial charge in [-0.2, -0.15) is 0 Å². The molecule has 0 radical (unpaired) electrons. The van der Waals surface area contributed by atoms with E-state index in [0.717, 1.165) is 42.4 Å². The van der Waals surface area contributed by atoms with Gasteiger partial charge in [0.1, 0.15) is 0 Å². The number of carbonyl (C=O) groups excluding carboxylic acids is 1. The third-order valence-corrected chi connectivity index (χ3v) is 5.92. The van der Waals surface area contributed by atoms with Gasteiger partial charge in [0.25, 0.3) is 0 Å². The van der Waals surface area contributed by atoms with Crippen molar-refractivity contribution in [2.45, 2.75) is 31.3 Å². The molecule has 1 aliphatic rings. The molecular formula is C19H25N3OS. The molecule has 2 heterocycles. The van der Waals surface area contributed by atoms with Gasteiger partial charge in [-0.25, -0.2) is 4.98 Å². The molecule has 1 amide bonds. The quantitative estimate of drug-likeness (QED) is 0.782. The van der Waals surface area contributed by atoms with E-state index < -0.39 is 0 Å². The summed E-state index contributed by atoms with van der Waals surface area (Å²) >= 11 is 1.82. The van der Waals surface area contributed by atoms with Crippen molar-refractivity contribution in [1.29, 1.82) is 0 Å². The van der Waals surface area contributed by atoms with E-state index in [4.69, 9.17) is 0 Å². The van der Waals surface area contributed by atoms with Crippen molar-refractivity contribution < 1.29 is 4.79 Å². The number of thioether (sulfide) groups is 1.